The van der Waals surface area contributed by atoms with Crippen LogP contribution in [0.2, 0.25) is 0 Å². The van der Waals surface area contributed by atoms with Gasteiger partial charge < -0.3 is 14.4 Å². The first-order valence-electron chi connectivity index (χ1n) is 10.4. The number of carbonyl (C=O) groups is 1. The first kappa shape index (κ1) is 26.0. The van der Waals surface area contributed by atoms with Gasteiger partial charge in [0.25, 0.3) is 10.2 Å². The number of rotatable bonds is 13. The van der Waals surface area contributed by atoms with Crippen molar-refractivity contribution in [2.45, 2.75) is 57.9 Å². The SMILES string of the molecule is CCCCCCCC#Cc1ccc(NS(=O)(=O)NC(CC(=O)[O-])C[N+](C)(C)C)cc1. The van der Waals surface area contributed by atoms with Crippen molar-refractivity contribution >= 4 is 21.9 Å². The second kappa shape index (κ2) is 12.6. The Hall–Kier alpha value is -2.08. The zero-order valence-electron chi connectivity index (χ0n) is 18.5. The molecule has 0 saturated carbocycles. The Morgan fingerprint density at radius 3 is 2.30 bits per heavy atom. The lowest BCUT2D eigenvalue weighted by Crippen LogP contribution is -2.51. The molecule has 0 aliphatic heterocycles. The summed E-state index contributed by atoms with van der Waals surface area (Å²) in [5.41, 5.74) is 1.20. The van der Waals surface area contributed by atoms with Crippen molar-refractivity contribution in [3.05, 3.63) is 29.8 Å². The molecule has 1 aromatic carbocycles. The number of carboxylic acids is 1. The first-order chi connectivity index (χ1) is 14.0. The zero-order valence-corrected chi connectivity index (χ0v) is 19.3. The molecule has 2 N–H and O–H groups in total. The fraction of sp³-hybridized carbons (Fsp3) is 0.591. The van der Waals surface area contributed by atoms with Crippen molar-refractivity contribution in [1.29, 1.82) is 0 Å². The van der Waals surface area contributed by atoms with Gasteiger partial charge in [0, 0.05) is 30.1 Å². The van der Waals surface area contributed by atoms with Crippen LogP contribution in [0, 0.1) is 11.8 Å². The summed E-state index contributed by atoms with van der Waals surface area (Å²) >= 11 is 0. The highest BCUT2D eigenvalue weighted by Crippen LogP contribution is 2.11. The molecular weight excluding hydrogens is 402 g/mol. The van der Waals surface area contributed by atoms with Gasteiger partial charge in [-0.1, -0.05) is 44.4 Å². The lowest BCUT2D eigenvalue weighted by Gasteiger charge is -2.29. The molecule has 0 bridgehead atoms. The van der Waals surface area contributed by atoms with Crippen LogP contribution in [0.5, 0.6) is 0 Å². The van der Waals surface area contributed by atoms with Gasteiger partial charge >= 0.3 is 0 Å². The Labute approximate surface area is 181 Å². The minimum Gasteiger partial charge on any atom is -0.550 e. The van der Waals surface area contributed by atoms with Gasteiger partial charge in [0.15, 0.2) is 0 Å². The third-order valence-electron chi connectivity index (χ3n) is 4.28. The molecule has 168 valence electrons. The highest BCUT2D eigenvalue weighted by atomic mass is 32.2. The molecule has 0 spiro atoms. The third-order valence-corrected chi connectivity index (χ3v) is 5.43. The van der Waals surface area contributed by atoms with Crippen molar-refractivity contribution in [2.75, 3.05) is 32.4 Å². The van der Waals surface area contributed by atoms with Crippen molar-refractivity contribution in [1.82, 2.24) is 4.72 Å². The van der Waals surface area contributed by atoms with E-state index in [4.69, 9.17) is 0 Å². The molecule has 0 aliphatic carbocycles. The van der Waals surface area contributed by atoms with Crippen molar-refractivity contribution in [2.24, 2.45) is 0 Å². The Morgan fingerprint density at radius 1 is 1.10 bits per heavy atom. The number of nitrogens with one attached hydrogen (secondary N) is 2. The number of aliphatic carboxylic acids is 1. The summed E-state index contributed by atoms with van der Waals surface area (Å²) in [4.78, 5) is 11.0. The molecule has 1 atom stereocenters. The molecule has 7 nitrogen and oxygen atoms in total. The number of carboxylic acid groups (broad SMARTS) is 1. The number of likely N-dealkylation sites (N-methyl/N-ethyl adjacent to an activating group) is 1. The maximum absolute atomic E-state index is 12.4. The first-order valence-corrected chi connectivity index (χ1v) is 11.9. The number of nitrogens with zero attached hydrogens (tertiary/aromatic N) is 1. The van der Waals surface area contributed by atoms with E-state index < -0.39 is 28.6 Å². The molecule has 0 fully saturated rings. The largest absolute Gasteiger partial charge is 0.550 e. The molecule has 0 heterocycles. The van der Waals surface area contributed by atoms with Crippen LogP contribution in [0.4, 0.5) is 5.69 Å². The fourth-order valence-electron chi connectivity index (χ4n) is 3.01. The average molecular weight is 438 g/mol. The van der Waals surface area contributed by atoms with Gasteiger partial charge in [0.2, 0.25) is 0 Å². The molecule has 0 radical (unpaired) electrons. The molecule has 30 heavy (non-hydrogen) atoms. The van der Waals surface area contributed by atoms with E-state index in [1.807, 2.05) is 21.1 Å². The molecule has 0 aliphatic rings. The Morgan fingerprint density at radius 2 is 1.73 bits per heavy atom. The molecule has 1 aromatic rings. The van der Waals surface area contributed by atoms with Crippen LogP contribution in [0.3, 0.4) is 0 Å². The highest BCUT2D eigenvalue weighted by Gasteiger charge is 2.23. The van der Waals surface area contributed by atoms with Crippen LogP contribution in [0.1, 0.15) is 57.4 Å². The molecule has 0 aromatic heterocycles. The topological polar surface area (TPSA) is 98.3 Å². The lowest BCUT2D eigenvalue weighted by molar-refractivity contribution is -0.871. The number of hydrogen-bond donors (Lipinski definition) is 2. The highest BCUT2D eigenvalue weighted by molar-refractivity contribution is 7.90. The minimum atomic E-state index is -3.93. The second-order valence-electron chi connectivity index (χ2n) is 8.51. The van der Waals surface area contributed by atoms with Crippen LogP contribution in [0.15, 0.2) is 24.3 Å². The maximum atomic E-state index is 12.4. The second-order valence-corrected chi connectivity index (χ2v) is 9.96. The number of benzene rings is 1. The van der Waals surface area contributed by atoms with Crippen molar-refractivity contribution in [3.8, 4) is 11.8 Å². The fourth-order valence-corrected chi connectivity index (χ4v) is 4.11. The maximum Gasteiger partial charge on any atom is 0.299 e. The summed E-state index contributed by atoms with van der Waals surface area (Å²) in [6.45, 7) is 2.50. The average Bonchev–Trinajstić information content (AvgIpc) is 2.59. The monoisotopic (exact) mass is 437 g/mol. The molecule has 0 amide bonds. The number of quaternary nitrogens is 1. The molecular formula is C22H35N3O4S. The van der Waals surface area contributed by atoms with Gasteiger partial charge in [-0.15, -0.1) is 0 Å². The van der Waals surface area contributed by atoms with Crippen LogP contribution in [-0.4, -0.2) is 52.6 Å². The van der Waals surface area contributed by atoms with Gasteiger partial charge in [0.1, 0.15) is 0 Å². The number of carbonyl (C=O) groups excluding carboxylic acids is 1. The number of anilines is 1. The van der Waals surface area contributed by atoms with E-state index in [0.717, 1.165) is 18.4 Å². The van der Waals surface area contributed by atoms with E-state index >= 15 is 0 Å². The lowest BCUT2D eigenvalue weighted by atomic mass is 10.1. The minimum absolute atomic E-state index is 0.307. The van der Waals surface area contributed by atoms with Gasteiger partial charge in [-0.2, -0.15) is 13.1 Å². The van der Waals surface area contributed by atoms with Crippen LogP contribution in [0.25, 0.3) is 0 Å². The molecule has 1 unspecified atom stereocenters. The normalized spacial score (nSPS) is 12.7. The predicted octanol–water partition coefficient (Wildman–Crippen LogP) is 1.86. The quantitative estimate of drug-likeness (QED) is 0.280. The summed E-state index contributed by atoms with van der Waals surface area (Å²) in [6.07, 6.45) is 6.49. The Balaban J connectivity index is 2.63. The van der Waals surface area contributed by atoms with Crippen molar-refractivity contribution < 1.29 is 22.8 Å². The van der Waals surface area contributed by atoms with Crippen molar-refractivity contribution in [3.63, 3.8) is 0 Å². The van der Waals surface area contributed by atoms with E-state index in [-0.39, 0.29) is 0 Å². The van der Waals surface area contributed by atoms with E-state index in [2.05, 4.69) is 28.2 Å². The van der Waals surface area contributed by atoms with E-state index in [0.29, 0.717) is 16.7 Å². The van der Waals surface area contributed by atoms with Crippen LogP contribution < -0.4 is 14.6 Å². The third kappa shape index (κ3) is 12.5. The van der Waals surface area contributed by atoms with E-state index in [1.165, 1.54) is 25.7 Å². The summed E-state index contributed by atoms with van der Waals surface area (Å²) < 4.78 is 30.1. The number of unbranched alkanes of at least 4 members (excludes halogenated alkanes) is 5. The molecule has 0 saturated heterocycles. The number of hydrogen-bond acceptors (Lipinski definition) is 4. The summed E-state index contributed by atoms with van der Waals surface area (Å²) in [7, 11) is 1.63. The summed E-state index contributed by atoms with van der Waals surface area (Å²) in [5, 5.41) is 11.0. The van der Waals surface area contributed by atoms with Gasteiger partial charge in [-0.05, 0) is 30.7 Å². The van der Waals surface area contributed by atoms with Gasteiger partial charge in [-0.25, -0.2) is 0 Å². The van der Waals surface area contributed by atoms with E-state index in [9.17, 15) is 18.3 Å². The van der Waals surface area contributed by atoms with Crippen LogP contribution >= 0.6 is 0 Å². The van der Waals surface area contributed by atoms with Crippen LogP contribution in [-0.2, 0) is 15.0 Å². The standard InChI is InChI=1S/C22H35N3O4S/c1-5-6-7-8-9-10-11-12-19-13-15-20(16-14-19)23-30(28,29)24-21(17-22(26)27)18-25(2,3)4/h13-16,21,23-24H,5-10,17-18H2,1-4H3. The Bertz CT molecular complexity index is 819. The molecule has 8 heteroatoms. The predicted molar refractivity (Wildman–Crippen MR) is 119 cm³/mol. The summed E-state index contributed by atoms with van der Waals surface area (Å²) in [6, 6.07) is 6.00. The zero-order chi connectivity index (χ0) is 22.6. The Kier molecular flexibility index (Phi) is 10.9. The van der Waals surface area contributed by atoms with Gasteiger partial charge in [0.05, 0.1) is 33.7 Å². The smallest absolute Gasteiger partial charge is 0.299 e. The molecule has 1 rings (SSSR count). The van der Waals surface area contributed by atoms with E-state index in [1.54, 1.807) is 24.3 Å². The van der Waals surface area contributed by atoms with Gasteiger partial charge in [-0.3, -0.25) is 4.72 Å². The summed E-state index contributed by atoms with van der Waals surface area (Å²) in [5.74, 6) is 4.93.